The van der Waals surface area contributed by atoms with Crippen LogP contribution in [0.25, 0.3) is 0 Å². The van der Waals surface area contributed by atoms with Gasteiger partial charge in [0, 0.05) is 6.04 Å². The predicted octanol–water partition coefficient (Wildman–Crippen LogP) is 1.93. The maximum atomic E-state index is 5.62. The maximum Gasteiger partial charge on any atom is 0.00509 e. The molecule has 0 amide bonds. The van der Waals surface area contributed by atoms with Gasteiger partial charge in [0.25, 0.3) is 0 Å². The van der Waals surface area contributed by atoms with Gasteiger partial charge in [0.2, 0.25) is 0 Å². The Morgan fingerprint density at radius 2 is 1.43 bits per heavy atom. The third-order valence-corrected chi connectivity index (χ3v) is 1.40. The molecule has 1 atom stereocenters. The minimum Gasteiger partial charge on any atom is -0.328 e. The van der Waals surface area contributed by atoms with Crippen LogP contribution >= 0.6 is 0 Å². The molecule has 0 heterocycles. The molecule has 0 bridgehead atoms. The second kappa shape index (κ2) is 7.54. The highest BCUT2D eigenvalue weighted by Crippen LogP contribution is 2.00. The van der Waals surface area contributed by atoms with E-state index in [9.17, 15) is 0 Å². The smallest absolute Gasteiger partial charge is 0.00509 e. The highest BCUT2D eigenvalue weighted by Gasteiger charge is 1.94. The summed E-state index contributed by atoms with van der Waals surface area (Å²) in [6.07, 6.45) is 0.973. The van der Waals surface area contributed by atoms with Crippen LogP contribution in [0.3, 0.4) is 0 Å². The Morgan fingerprint density at radius 1 is 1.00 bits per heavy atom. The molecule has 14 heavy (non-hydrogen) atoms. The fourth-order valence-corrected chi connectivity index (χ4v) is 0.986. The Labute approximate surface area is 87.3 Å². The quantitative estimate of drug-likeness (QED) is 0.756. The van der Waals surface area contributed by atoms with Gasteiger partial charge in [-0.3, -0.25) is 0 Å². The molecule has 0 aliphatic heterocycles. The average Bonchev–Trinajstić information content (AvgIpc) is 2.03. The first-order valence-electron chi connectivity index (χ1n) is 5.07. The van der Waals surface area contributed by atoms with Gasteiger partial charge in [0.1, 0.15) is 0 Å². The van der Waals surface area contributed by atoms with Crippen molar-refractivity contribution in [2.75, 3.05) is 0 Å². The van der Waals surface area contributed by atoms with E-state index >= 15 is 0 Å². The molecule has 0 spiro atoms. The molecule has 0 aliphatic carbocycles. The minimum absolute atomic E-state index is 0.266. The summed E-state index contributed by atoms with van der Waals surface area (Å²) in [4.78, 5) is 0. The van der Waals surface area contributed by atoms with E-state index in [2.05, 4.69) is 12.1 Å². The standard InChI is InChI=1S/C9H13N.C3H9N/c1-8(10)7-9-5-3-2-4-6-9;1-3(2)4/h2-6,8H,7,10H2,1H3;3H,4H2,1-2H3. The fourth-order valence-electron chi connectivity index (χ4n) is 0.986. The molecule has 4 N–H and O–H groups in total. The van der Waals surface area contributed by atoms with E-state index in [4.69, 9.17) is 11.5 Å². The molecule has 0 aromatic heterocycles. The number of benzene rings is 1. The lowest BCUT2D eigenvalue weighted by Gasteiger charge is -2.02. The lowest BCUT2D eigenvalue weighted by molar-refractivity contribution is 0.738. The highest BCUT2D eigenvalue weighted by atomic mass is 14.6. The molecule has 1 rings (SSSR count). The maximum absolute atomic E-state index is 5.62. The second-order valence-corrected chi connectivity index (χ2v) is 3.91. The summed E-state index contributed by atoms with van der Waals surface area (Å²) in [6.45, 7) is 5.91. The van der Waals surface area contributed by atoms with Gasteiger partial charge in [-0.15, -0.1) is 0 Å². The van der Waals surface area contributed by atoms with Crippen LogP contribution in [-0.2, 0) is 6.42 Å². The average molecular weight is 194 g/mol. The first kappa shape index (κ1) is 13.1. The van der Waals surface area contributed by atoms with E-state index in [0.717, 1.165) is 6.42 Å². The summed E-state index contributed by atoms with van der Waals surface area (Å²) < 4.78 is 0. The second-order valence-electron chi connectivity index (χ2n) is 3.91. The molecule has 0 saturated heterocycles. The van der Waals surface area contributed by atoms with Gasteiger partial charge in [0.05, 0.1) is 0 Å². The SMILES string of the molecule is CC(C)N.CC(N)Cc1ccccc1. The lowest BCUT2D eigenvalue weighted by Crippen LogP contribution is -2.17. The third-order valence-electron chi connectivity index (χ3n) is 1.40. The van der Waals surface area contributed by atoms with Crippen molar-refractivity contribution in [3.05, 3.63) is 35.9 Å². The van der Waals surface area contributed by atoms with Crippen molar-refractivity contribution in [3.8, 4) is 0 Å². The van der Waals surface area contributed by atoms with Gasteiger partial charge in [-0.25, -0.2) is 0 Å². The molecular weight excluding hydrogens is 172 g/mol. The fraction of sp³-hybridized carbons (Fsp3) is 0.500. The van der Waals surface area contributed by atoms with Crippen molar-refractivity contribution in [2.24, 2.45) is 11.5 Å². The van der Waals surface area contributed by atoms with Crippen LogP contribution in [0.5, 0.6) is 0 Å². The Morgan fingerprint density at radius 3 is 1.79 bits per heavy atom. The van der Waals surface area contributed by atoms with Crippen molar-refractivity contribution in [2.45, 2.75) is 39.3 Å². The Kier molecular flexibility index (Phi) is 7.07. The highest BCUT2D eigenvalue weighted by molar-refractivity contribution is 5.15. The molecule has 1 unspecified atom stereocenters. The van der Waals surface area contributed by atoms with Crippen molar-refractivity contribution >= 4 is 0 Å². The van der Waals surface area contributed by atoms with Crippen LogP contribution in [0.1, 0.15) is 26.3 Å². The molecule has 2 nitrogen and oxygen atoms in total. The Bertz CT molecular complexity index is 214. The van der Waals surface area contributed by atoms with Gasteiger partial charge in [0.15, 0.2) is 0 Å². The monoisotopic (exact) mass is 194 g/mol. The van der Waals surface area contributed by atoms with Crippen molar-refractivity contribution < 1.29 is 0 Å². The van der Waals surface area contributed by atoms with Crippen LogP contribution in [0, 0.1) is 0 Å². The van der Waals surface area contributed by atoms with E-state index < -0.39 is 0 Å². The van der Waals surface area contributed by atoms with Gasteiger partial charge >= 0.3 is 0 Å². The summed E-state index contributed by atoms with van der Waals surface area (Å²) in [5.74, 6) is 0. The lowest BCUT2D eigenvalue weighted by atomic mass is 10.1. The summed E-state index contributed by atoms with van der Waals surface area (Å²) in [5.41, 5.74) is 12.1. The number of rotatable bonds is 2. The van der Waals surface area contributed by atoms with Crippen LogP contribution < -0.4 is 11.5 Å². The normalized spacial score (nSPS) is 11.9. The van der Waals surface area contributed by atoms with E-state index in [1.807, 2.05) is 39.0 Å². The van der Waals surface area contributed by atoms with Crippen LogP contribution in [0.2, 0.25) is 0 Å². The third kappa shape index (κ3) is 9.23. The van der Waals surface area contributed by atoms with Gasteiger partial charge < -0.3 is 11.5 Å². The van der Waals surface area contributed by atoms with E-state index in [1.165, 1.54) is 5.56 Å². The van der Waals surface area contributed by atoms with Gasteiger partial charge in [-0.1, -0.05) is 44.2 Å². The zero-order valence-electron chi connectivity index (χ0n) is 9.40. The molecule has 80 valence electrons. The predicted molar refractivity (Wildman–Crippen MR) is 63.1 cm³/mol. The summed E-state index contributed by atoms with van der Waals surface area (Å²) in [6, 6.07) is 10.9. The zero-order chi connectivity index (χ0) is 11.0. The van der Waals surface area contributed by atoms with Gasteiger partial charge in [-0.05, 0) is 24.9 Å². The molecule has 1 aromatic carbocycles. The summed E-state index contributed by atoms with van der Waals surface area (Å²) in [7, 11) is 0. The number of hydrogen-bond acceptors (Lipinski definition) is 2. The molecular formula is C12H22N2. The number of hydrogen-bond donors (Lipinski definition) is 2. The number of nitrogens with two attached hydrogens (primary N) is 2. The van der Waals surface area contributed by atoms with E-state index in [1.54, 1.807) is 0 Å². The van der Waals surface area contributed by atoms with Crippen LogP contribution in [-0.4, -0.2) is 12.1 Å². The summed E-state index contributed by atoms with van der Waals surface area (Å²) in [5, 5.41) is 0. The molecule has 0 fully saturated rings. The van der Waals surface area contributed by atoms with Crippen LogP contribution in [0.15, 0.2) is 30.3 Å². The molecule has 0 aliphatic rings. The first-order valence-corrected chi connectivity index (χ1v) is 5.07. The van der Waals surface area contributed by atoms with E-state index in [-0.39, 0.29) is 6.04 Å². The van der Waals surface area contributed by atoms with Gasteiger partial charge in [-0.2, -0.15) is 0 Å². The molecule has 0 saturated carbocycles. The topological polar surface area (TPSA) is 52.0 Å². The molecule has 2 heteroatoms. The Balaban J connectivity index is 0.000000364. The Hall–Kier alpha value is -0.860. The van der Waals surface area contributed by atoms with Crippen molar-refractivity contribution in [3.63, 3.8) is 0 Å². The van der Waals surface area contributed by atoms with Crippen molar-refractivity contribution in [1.29, 1.82) is 0 Å². The largest absolute Gasteiger partial charge is 0.328 e. The molecule has 1 aromatic rings. The molecule has 0 radical (unpaired) electrons. The minimum atomic E-state index is 0.266. The first-order chi connectivity index (χ1) is 6.52. The zero-order valence-corrected chi connectivity index (χ0v) is 9.40. The van der Waals surface area contributed by atoms with Crippen molar-refractivity contribution in [1.82, 2.24) is 0 Å². The van der Waals surface area contributed by atoms with E-state index in [0.29, 0.717) is 6.04 Å². The summed E-state index contributed by atoms with van der Waals surface area (Å²) >= 11 is 0. The van der Waals surface area contributed by atoms with Crippen LogP contribution in [0.4, 0.5) is 0 Å².